The molecule has 122 valence electrons. The van der Waals surface area contributed by atoms with Gasteiger partial charge in [-0.3, -0.25) is 0 Å². The molecule has 0 spiro atoms. The monoisotopic (exact) mass is 341 g/mol. The highest BCUT2D eigenvalue weighted by Crippen LogP contribution is 2.35. The molecule has 1 aliphatic heterocycles. The Labute approximate surface area is 141 Å². The molecule has 0 radical (unpaired) electrons. The second kappa shape index (κ2) is 6.68. The number of nitrogens with zero attached hydrogens (tertiary/aromatic N) is 1. The Morgan fingerprint density at radius 2 is 2.04 bits per heavy atom. The number of aryl methyl sites for hydroxylation is 1. The summed E-state index contributed by atoms with van der Waals surface area (Å²) in [4.78, 5) is 0. The highest BCUT2D eigenvalue weighted by Gasteiger charge is 2.32. The Morgan fingerprint density at radius 1 is 1.25 bits per heavy atom. The Morgan fingerprint density at radius 3 is 2.75 bits per heavy atom. The van der Waals surface area contributed by atoms with Crippen molar-refractivity contribution in [1.29, 1.82) is 0 Å². The van der Waals surface area contributed by atoms with Gasteiger partial charge in [0.1, 0.15) is 32.0 Å². The summed E-state index contributed by atoms with van der Waals surface area (Å²) in [6.07, 6.45) is 1.60. The van der Waals surface area contributed by atoms with E-state index in [1.54, 1.807) is 6.08 Å². The van der Waals surface area contributed by atoms with E-state index in [-0.39, 0.29) is 6.61 Å². The highest BCUT2D eigenvalue weighted by atomic mass is 31.1. The second-order valence-electron chi connectivity index (χ2n) is 5.87. The maximum Gasteiger partial charge on any atom is 0.550 e. The minimum Gasteiger partial charge on any atom is -0.455 e. The van der Waals surface area contributed by atoms with Crippen molar-refractivity contribution in [1.82, 2.24) is 4.58 Å². The minimum atomic E-state index is -2.01. The molecular weight excluding hydrogens is 321 g/mol. The van der Waals surface area contributed by atoms with Gasteiger partial charge in [-0.2, -0.15) is 0 Å². The second-order valence-corrected chi connectivity index (χ2v) is 7.09. The molecule has 2 aliphatic rings. The van der Waals surface area contributed by atoms with Crippen molar-refractivity contribution < 1.29 is 13.5 Å². The quantitative estimate of drug-likeness (QED) is 0.316. The first-order valence-corrected chi connectivity index (χ1v) is 8.87. The Balaban J connectivity index is 2.38. The van der Waals surface area contributed by atoms with E-state index in [1.165, 1.54) is 0 Å². The van der Waals surface area contributed by atoms with Crippen LogP contribution >= 0.6 is 8.03 Å². The fraction of sp³-hybridized carbons (Fsp3) is 0.211. The van der Waals surface area contributed by atoms with E-state index in [2.05, 4.69) is 6.58 Å². The van der Waals surface area contributed by atoms with Crippen molar-refractivity contribution in [3.63, 3.8) is 0 Å². The zero-order chi connectivity index (χ0) is 17.3. The molecule has 0 fully saturated rings. The van der Waals surface area contributed by atoms with Crippen molar-refractivity contribution in [2.24, 2.45) is 0 Å². The maximum atomic E-state index is 12.8. The van der Waals surface area contributed by atoms with Crippen molar-refractivity contribution >= 4 is 24.3 Å². The van der Waals surface area contributed by atoms with Crippen LogP contribution in [-0.4, -0.2) is 20.7 Å². The van der Waals surface area contributed by atoms with E-state index < -0.39 is 8.03 Å². The maximum absolute atomic E-state index is 12.8. The highest BCUT2D eigenvalue weighted by molar-refractivity contribution is 7.49. The van der Waals surface area contributed by atoms with Crippen LogP contribution in [-0.2, 0) is 9.09 Å². The average Bonchev–Trinajstić information content (AvgIpc) is 2.56. The standard InChI is InChI=1S/C19H20NO3P/c1-5-10-22-24(21)19-15-8-6-13(2)11-17(15)23-18-12-14(20(3)4)7-9-16(18)19/h5-9,11-12H,1,10H2,2-4H3/q+2. The fourth-order valence-electron chi connectivity index (χ4n) is 2.62. The Kier molecular flexibility index (Phi) is 4.61. The lowest BCUT2D eigenvalue weighted by molar-refractivity contribution is 0.378. The summed E-state index contributed by atoms with van der Waals surface area (Å²) in [5.74, 6) is 0.694. The van der Waals surface area contributed by atoms with Gasteiger partial charge < -0.3 is 4.42 Å². The molecular formula is C19H20NO3P+2. The SMILES string of the molecule is C=CCO[P+](=O)c1c2ccc(=[N+](C)C)cc-2oc2cc(C)ccc12. The predicted octanol–water partition coefficient (Wildman–Crippen LogP) is 3.45. The third-order valence-corrected chi connectivity index (χ3v) is 5.07. The summed E-state index contributed by atoms with van der Waals surface area (Å²) < 4.78 is 26.3. The molecule has 0 N–H and O–H groups in total. The summed E-state index contributed by atoms with van der Waals surface area (Å²) in [5.41, 5.74) is 2.60. The lowest BCUT2D eigenvalue weighted by Crippen LogP contribution is -2.22. The van der Waals surface area contributed by atoms with Crippen LogP contribution in [0.25, 0.3) is 22.3 Å². The van der Waals surface area contributed by atoms with Gasteiger partial charge in [0.25, 0.3) is 0 Å². The third kappa shape index (κ3) is 3.03. The Bertz CT molecular complexity index is 984. The average molecular weight is 341 g/mol. The van der Waals surface area contributed by atoms with Gasteiger partial charge in [0.15, 0.2) is 0 Å². The molecule has 1 aromatic carbocycles. The first-order valence-electron chi connectivity index (χ1n) is 7.70. The number of rotatable bonds is 4. The van der Waals surface area contributed by atoms with Crippen LogP contribution in [0, 0.1) is 6.92 Å². The molecule has 24 heavy (non-hydrogen) atoms. The largest absolute Gasteiger partial charge is 0.550 e. The van der Waals surface area contributed by atoms with Gasteiger partial charge in [0, 0.05) is 6.07 Å². The van der Waals surface area contributed by atoms with Gasteiger partial charge in [-0.15, -0.1) is 11.1 Å². The van der Waals surface area contributed by atoms with Crippen molar-refractivity contribution in [2.45, 2.75) is 6.92 Å². The summed E-state index contributed by atoms with van der Waals surface area (Å²) >= 11 is 0. The molecule has 0 saturated heterocycles. The molecule has 0 saturated carbocycles. The van der Waals surface area contributed by atoms with E-state index in [0.717, 1.165) is 21.9 Å². The molecule has 1 atom stereocenters. The summed E-state index contributed by atoms with van der Waals surface area (Å²) in [6.45, 7) is 5.86. The van der Waals surface area contributed by atoms with Crippen molar-refractivity contribution in [2.75, 3.05) is 20.7 Å². The number of benzene rings is 2. The molecule has 4 nitrogen and oxygen atoms in total. The molecule has 3 rings (SSSR count). The zero-order valence-corrected chi connectivity index (χ0v) is 15.0. The van der Waals surface area contributed by atoms with E-state index in [1.807, 2.05) is 62.0 Å². The van der Waals surface area contributed by atoms with E-state index in [4.69, 9.17) is 8.94 Å². The summed E-state index contributed by atoms with van der Waals surface area (Å²) in [5, 5.41) is 2.51. The topological polar surface area (TPSA) is 42.5 Å². The summed E-state index contributed by atoms with van der Waals surface area (Å²) in [7, 11) is 1.94. The van der Waals surface area contributed by atoms with Crippen molar-refractivity contribution in [3.05, 3.63) is 60.0 Å². The van der Waals surface area contributed by atoms with Crippen LogP contribution in [0.4, 0.5) is 0 Å². The number of fused-ring (bicyclic) bond motifs is 2. The number of hydrogen-bond acceptors (Lipinski definition) is 3. The molecule has 1 heterocycles. The van der Waals surface area contributed by atoms with Crippen LogP contribution < -0.4 is 15.2 Å². The third-order valence-electron chi connectivity index (χ3n) is 3.84. The number of hydrogen-bond donors (Lipinski definition) is 0. The normalized spacial score (nSPS) is 11.7. The molecule has 1 aliphatic carbocycles. The van der Waals surface area contributed by atoms with E-state index in [0.29, 0.717) is 16.6 Å². The lowest BCUT2D eigenvalue weighted by atomic mass is 10.1. The van der Waals surface area contributed by atoms with Gasteiger partial charge in [0.2, 0.25) is 10.7 Å². The van der Waals surface area contributed by atoms with Gasteiger partial charge in [-0.25, -0.2) is 4.58 Å². The van der Waals surface area contributed by atoms with Gasteiger partial charge in [-0.05, 0) is 35.3 Å². The van der Waals surface area contributed by atoms with Gasteiger partial charge >= 0.3 is 8.03 Å². The molecule has 0 bridgehead atoms. The molecule has 0 aromatic heterocycles. The van der Waals surface area contributed by atoms with Crippen LogP contribution in [0.5, 0.6) is 0 Å². The smallest absolute Gasteiger partial charge is 0.455 e. The molecule has 5 heteroatoms. The zero-order valence-electron chi connectivity index (χ0n) is 14.1. The van der Waals surface area contributed by atoms with E-state index in [9.17, 15) is 4.57 Å². The van der Waals surface area contributed by atoms with E-state index >= 15 is 0 Å². The summed E-state index contributed by atoms with van der Waals surface area (Å²) in [6, 6.07) is 11.8. The minimum absolute atomic E-state index is 0.242. The van der Waals surface area contributed by atoms with Crippen LogP contribution in [0.15, 0.2) is 53.5 Å². The Hall–Kier alpha value is -2.29. The van der Waals surface area contributed by atoms with Crippen LogP contribution in [0.1, 0.15) is 5.56 Å². The molecule has 1 aromatic rings. The van der Waals surface area contributed by atoms with Crippen LogP contribution in [0.3, 0.4) is 0 Å². The van der Waals surface area contributed by atoms with Crippen molar-refractivity contribution in [3.8, 4) is 11.3 Å². The first-order chi connectivity index (χ1) is 11.5. The first kappa shape index (κ1) is 16.6. The van der Waals surface area contributed by atoms with Gasteiger partial charge in [-0.1, -0.05) is 12.1 Å². The lowest BCUT2D eigenvalue weighted by Gasteiger charge is -2.08. The fourth-order valence-corrected chi connectivity index (χ4v) is 3.76. The molecule has 0 amide bonds. The van der Waals surface area contributed by atoms with Crippen LogP contribution in [0.2, 0.25) is 0 Å². The predicted molar refractivity (Wildman–Crippen MR) is 98.1 cm³/mol. The van der Waals surface area contributed by atoms with Gasteiger partial charge in [0.05, 0.1) is 17.0 Å². The molecule has 1 unspecified atom stereocenters.